The van der Waals surface area contributed by atoms with Crippen molar-refractivity contribution in [3.63, 3.8) is 0 Å². The van der Waals surface area contributed by atoms with Gasteiger partial charge in [0.25, 0.3) is 0 Å². The summed E-state index contributed by atoms with van der Waals surface area (Å²) in [6.07, 6.45) is 0.920. The maximum Gasteiger partial charge on any atom is 1.00 e. The molecule has 21 heavy (non-hydrogen) atoms. The van der Waals surface area contributed by atoms with E-state index in [4.69, 9.17) is 0 Å². The molecule has 6 nitrogen and oxygen atoms in total. The Labute approximate surface area is 166 Å². The van der Waals surface area contributed by atoms with Crippen molar-refractivity contribution in [3.05, 3.63) is 40.5 Å². The summed E-state index contributed by atoms with van der Waals surface area (Å²) in [6.45, 7) is 0. The van der Waals surface area contributed by atoms with Crippen LogP contribution in [-0.4, -0.2) is 25.2 Å². The first-order valence-electron chi connectivity index (χ1n) is 5.13. The Morgan fingerprint density at radius 1 is 1.05 bits per heavy atom. The van der Waals surface area contributed by atoms with Gasteiger partial charge in [0.05, 0.1) is 16.8 Å². The normalized spacial score (nSPS) is 12.2. The molecular weight excluding hydrogens is 318 g/mol. The standard InChI is InChI=1S/C12H8O6S.2Na/c13-11(14)6-1-2-9-7(3-6)4-8(12(15)16)5-10(9)19(17)18;;/h1-4H,5H2,(H,13,14)(H,15,16);;/q;2*+1/p-2. The number of carbonyl (C=O) groups excluding carboxylic acids is 2. The second-order valence-electron chi connectivity index (χ2n) is 3.88. The van der Waals surface area contributed by atoms with Crippen molar-refractivity contribution in [2.24, 2.45) is 0 Å². The van der Waals surface area contributed by atoms with E-state index in [0.717, 1.165) is 0 Å². The van der Waals surface area contributed by atoms with Gasteiger partial charge in [0.2, 0.25) is 10.3 Å². The summed E-state index contributed by atoms with van der Waals surface area (Å²) < 4.78 is 22.2. The van der Waals surface area contributed by atoms with Crippen LogP contribution in [0.1, 0.15) is 27.9 Å². The third-order valence-electron chi connectivity index (χ3n) is 2.73. The molecule has 0 fully saturated rings. The number of fused-ring (bicyclic) bond motifs is 1. The van der Waals surface area contributed by atoms with Crippen LogP contribution in [0.3, 0.4) is 0 Å². The zero-order valence-corrected chi connectivity index (χ0v) is 16.2. The number of carboxylic acids is 2. The predicted molar refractivity (Wildman–Crippen MR) is 61.4 cm³/mol. The molecule has 0 aliphatic heterocycles. The minimum Gasteiger partial charge on any atom is -0.545 e. The summed E-state index contributed by atoms with van der Waals surface area (Å²) in [5.74, 6) is -2.92. The van der Waals surface area contributed by atoms with Crippen molar-refractivity contribution in [2.45, 2.75) is 6.42 Å². The molecular formula is C12H6Na2O6S. The molecule has 0 radical (unpaired) electrons. The first kappa shape index (κ1) is 20.6. The van der Waals surface area contributed by atoms with Gasteiger partial charge in [-0.1, -0.05) is 12.1 Å². The van der Waals surface area contributed by atoms with E-state index in [2.05, 4.69) is 0 Å². The first-order chi connectivity index (χ1) is 8.90. The van der Waals surface area contributed by atoms with Crippen LogP contribution in [-0.2, 0) is 15.1 Å². The Morgan fingerprint density at radius 3 is 2.14 bits per heavy atom. The van der Waals surface area contributed by atoms with Crippen molar-refractivity contribution < 1.29 is 87.3 Å². The van der Waals surface area contributed by atoms with Gasteiger partial charge in [-0.05, 0) is 28.8 Å². The van der Waals surface area contributed by atoms with E-state index in [1.807, 2.05) is 0 Å². The van der Waals surface area contributed by atoms with E-state index in [9.17, 15) is 28.2 Å². The number of hydrogen-bond acceptors (Lipinski definition) is 6. The van der Waals surface area contributed by atoms with Gasteiger partial charge in [-0.25, -0.2) is 0 Å². The fourth-order valence-electron chi connectivity index (χ4n) is 1.85. The zero-order chi connectivity index (χ0) is 14.2. The van der Waals surface area contributed by atoms with Crippen LogP contribution < -0.4 is 69.3 Å². The Balaban J connectivity index is 0.00000200. The number of carbonyl (C=O) groups is 2. The second kappa shape index (κ2) is 8.28. The summed E-state index contributed by atoms with van der Waals surface area (Å²) in [7, 11) is -2.60. The van der Waals surface area contributed by atoms with Crippen molar-refractivity contribution >= 4 is 33.2 Å². The molecule has 1 aliphatic rings. The molecule has 1 aromatic rings. The van der Waals surface area contributed by atoms with E-state index in [0.29, 0.717) is 0 Å². The van der Waals surface area contributed by atoms with Gasteiger partial charge in [0.1, 0.15) is 0 Å². The third kappa shape index (κ3) is 4.53. The number of aliphatic carboxylic acids is 1. The fourth-order valence-corrected chi connectivity index (χ4v) is 2.49. The zero-order valence-electron chi connectivity index (χ0n) is 11.4. The Morgan fingerprint density at radius 2 is 1.67 bits per heavy atom. The molecule has 0 amide bonds. The van der Waals surface area contributed by atoms with Gasteiger partial charge in [0.15, 0.2) is 0 Å². The molecule has 98 valence electrons. The van der Waals surface area contributed by atoms with Crippen LogP contribution in [0, 0.1) is 0 Å². The monoisotopic (exact) mass is 324 g/mol. The molecule has 1 aromatic carbocycles. The van der Waals surface area contributed by atoms with Crippen molar-refractivity contribution in [3.8, 4) is 0 Å². The van der Waals surface area contributed by atoms with E-state index in [-0.39, 0.29) is 92.7 Å². The maximum atomic E-state index is 11.1. The molecule has 0 saturated heterocycles. The second-order valence-corrected chi connectivity index (χ2v) is 4.84. The molecule has 0 spiro atoms. The first-order valence-corrected chi connectivity index (χ1v) is 6.20. The quantitative estimate of drug-likeness (QED) is 0.394. The van der Waals surface area contributed by atoms with E-state index in [1.165, 1.54) is 24.3 Å². The summed E-state index contributed by atoms with van der Waals surface area (Å²) in [4.78, 5) is 21.4. The molecule has 0 unspecified atom stereocenters. The van der Waals surface area contributed by atoms with E-state index in [1.54, 1.807) is 0 Å². The molecule has 9 heteroatoms. The number of rotatable bonds is 2. The van der Waals surface area contributed by atoms with Crippen LogP contribution in [0.5, 0.6) is 0 Å². The Kier molecular flexibility index (Phi) is 8.12. The van der Waals surface area contributed by atoms with Crippen LogP contribution in [0.2, 0.25) is 0 Å². The van der Waals surface area contributed by atoms with Crippen LogP contribution in [0.15, 0.2) is 23.8 Å². The third-order valence-corrected chi connectivity index (χ3v) is 3.50. The molecule has 2 rings (SSSR count). The SMILES string of the molecule is O=C([O-])C1=Cc2cc(C(=O)[O-])ccc2C(=S(=O)=O)C1.[Na+].[Na+]. The Bertz CT molecular complexity index is 756. The van der Waals surface area contributed by atoms with E-state index < -0.39 is 22.2 Å². The predicted octanol–water partition coefficient (Wildman–Crippen LogP) is -8.01. The summed E-state index contributed by atoms with van der Waals surface area (Å²) >= 11 is 0. The summed E-state index contributed by atoms with van der Waals surface area (Å²) in [5.41, 5.74) is 0.0995. The number of hydrogen-bond donors (Lipinski definition) is 0. The topological polar surface area (TPSA) is 114 Å². The molecule has 0 heterocycles. The van der Waals surface area contributed by atoms with Gasteiger partial charge < -0.3 is 19.8 Å². The van der Waals surface area contributed by atoms with Crippen molar-refractivity contribution in [1.82, 2.24) is 0 Å². The van der Waals surface area contributed by atoms with Crippen LogP contribution in [0.25, 0.3) is 6.08 Å². The minimum absolute atomic E-state index is 0. The van der Waals surface area contributed by atoms with Crippen molar-refractivity contribution in [1.29, 1.82) is 0 Å². The van der Waals surface area contributed by atoms with E-state index >= 15 is 0 Å². The number of aromatic carboxylic acids is 1. The summed E-state index contributed by atoms with van der Waals surface area (Å²) in [6, 6.07) is 3.69. The van der Waals surface area contributed by atoms with Gasteiger partial charge in [-0.2, -0.15) is 8.42 Å². The van der Waals surface area contributed by atoms with Gasteiger partial charge in [-0.3, -0.25) is 0 Å². The molecule has 0 bridgehead atoms. The summed E-state index contributed by atoms with van der Waals surface area (Å²) in [5, 5.41) is 21.6. The maximum absolute atomic E-state index is 11.1. The van der Waals surface area contributed by atoms with Crippen LogP contribution in [0.4, 0.5) is 0 Å². The fraction of sp³-hybridized carbons (Fsp3) is 0.0833. The van der Waals surface area contributed by atoms with Gasteiger partial charge in [-0.15, -0.1) is 0 Å². The average molecular weight is 324 g/mol. The van der Waals surface area contributed by atoms with Crippen LogP contribution >= 0.6 is 0 Å². The van der Waals surface area contributed by atoms with Gasteiger partial charge >= 0.3 is 59.1 Å². The molecule has 0 N–H and O–H groups in total. The molecule has 0 saturated carbocycles. The largest absolute Gasteiger partial charge is 1.00 e. The minimum atomic E-state index is -2.60. The average Bonchev–Trinajstić information content (AvgIpc) is 2.36. The molecule has 0 atom stereocenters. The van der Waals surface area contributed by atoms with Crippen molar-refractivity contribution in [2.75, 3.05) is 0 Å². The van der Waals surface area contributed by atoms with Gasteiger partial charge in [0, 0.05) is 12.0 Å². The number of carboxylic acid groups (broad SMARTS) is 2. The number of benzene rings is 1. The smallest absolute Gasteiger partial charge is 0.545 e. The molecule has 0 aromatic heterocycles. The Hall–Kier alpha value is -0.410. The molecule has 1 aliphatic carbocycles.